The number of pyridine rings is 1. The highest BCUT2D eigenvalue weighted by Gasteiger charge is 2.28. The molecule has 0 saturated carbocycles. The van der Waals surface area contributed by atoms with Crippen LogP contribution in [0, 0.1) is 13.2 Å². The molecule has 12 aromatic rings. The van der Waals surface area contributed by atoms with Gasteiger partial charge in [-0.1, -0.05) is 235 Å². The number of para-hydroxylation sites is 1. The minimum Gasteiger partial charge on any atom is -0.458 e. The van der Waals surface area contributed by atoms with E-state index in [4.69, 9.17) is 24.8 Å². The molecule has 3 aromatic heterocycles. The summed E-state index contributed by atoms with van der Waals surface area (Å²) in [5.41, 5.74) is 10.7. The van der Waals surface area contributed by atoms with Crippen molar-refractivity contribution in [3.63, 3.8) is 0 Å². The molecule has 5 heteroatoms. The summed E-state index contributed by atoms with van der Waals surface area (Å²) >= 11 is 0. The van der Waals surface area contributed by atoms with Gasteiger partial charge in [-0.05, 0) is 144 Å². The van der Waals surface area contributed by atoms with Gasteiger partial charge < -0.3 is 4.74 Å². The van der Waals surface area contributed by atoms with Gasteiger partial charge in [0.1, 0.15) is 17.3 Å². The Labute approximate surface area is 503 Å². The maximum Gasteiger partial charge on any atom is 0.269 e. The van der Waals surface area contributed by atoms with E-state index in [1.807, 2.05) is 86.5 Å². The van der Waals surface area contributed by atoms with E-state index in [9.17, 15) is 2.74 Å². The van der Waals surface area contributed by atoms with E-state index in [1.54, 1.807) is 0 Å². The van der Waals surface area contributed by atoms with Crippen LogP contribution >= 0.6 is 0 Å². The summed E-state index contributed by atoms with van der Waals surface area (Å²) in [6, 6.07) is 43.1. The van der Waals surface area contributed by atoms with Crippen LogP contribution < -0.4 is 9.30 Å². The Balaban J connectivity index is 1.09. The molecule has 0 N–H and O–H groups in total. The van der Waals surface area contributed by atoms with Crippen LogP contribution in [-0.4, -0.2) is 14.1 Å². The molecule has 0 unspecified atom stereocenters. The average molecular weight is 1080 g/mol. The standard InChI is InChI=1S/C77H74N4O/c1-50-39-72(78-48-67(50)53-25-18-15-19-26-53)81-68-30-21-20-29-63(68)64-37-36-62(47-70(64)81)82-61-28-22-27-60(46-61)79-49-80(69-38-33-54(42-71(69)79)51-31-34-56(35-32-51)74(2,3)4)73-65(52-23-16-14-17-24-52)44-59(77(11,12)13)45-66(73)55-40-57(75(5,6)7)43-58(41-55)76(8,9)10/h14-48H,1-13H3/i1D3,14D,15D,16D,17D,18D,19D,23D,24D,25D,26D. The number of benzene rings is 9. The fourth-order valence-corrected chi connectivity index (χ4v) is 10.8. The summed E-state index contributed by atoms with van der Waals surface area (Å²) in [4.78, 5) is 4.77. The van der Waals surface area contributed by atoms with Crippen LogP contribution in [0.25, 0.3) is 94.5 Å². The smallest absolute Gasteiger partial charge is 0.269 e. The maximum atomic E-state index is 9.62. The van der Waals surface area contributed by atoms with Crippen molar-refractivity contribution in [2.24, 2.45) is 0 Å². The predicted octanol–water partition coefficient (Wildman–Crippen LogP) is 20.2. The molecule has 5 nitrogen and oxygen atoms in total. The number of hydrogen-bond acceptors (Lipinski definition) is 2. The lowest BCUT2D eigenvalue weighted by Gasteiger charge is -2.29. The summed E-state index contributed by atoms with van der Waals surface area (Å²) in [7, 11) is 0. The van der Waals surface area contributed by atoms with Crippen LogP contribution in [0.2, 0.25) is 0 Å². The lowest BCUT2D eigenvalue weighted by atomic mass is 9.77. The fourth-order valence-electron chi connectivity index (χ4n) is 10.8. The zero-order valence-electron chi connectivity index (χ0n) is 61.6. The van der Waals surface area contributed by atoms with Gasteiger partial charge >= 0.3 is 0 Å². The molecule has 0 amide bonds. The van der Waals surface area contributed by atoms with Crippen LogP contribution in [0.3, 0.4) is 0 Å². The first-order valence-corrected chi connectivity index (χ1v) is 27.9. The minimum atomic E-state index is -2.80. The number of aromatic nitrogens is 4. The second kappa shape index (κ2) is 20.3. The van der Waals surface area contributed by atoms with Gasteiger partial charge in [-0.2, -0.15) is 0 Å². The Morgan fingerprint density at radius 2 is 1.05 bits per heavy atom. The highest BCUT2D eigenvalue weighted by Crippen LogP contribution is 2.43. The van der Waals surface area contributed by atoms with Crippen molar-refractivity contribution in [3.8, 4) is 73.2 Å². The van der Waals surface area contributed by atoms with E-state index < -0.39 is 60.6 Å². The van der Waals surface area contributed by atoms with Crippen molar-refractivity contribution in [1.29, 1.82) is 0 Å². The molecule has 12 rings (SSSR count). The third kappa shape index (κ3) is 10.2. The van der Waals surface area contributed by atoms with Crippen LogP contribution in [0.4, 0.5) is 0 Å². The molecule has 0 bridgehead atoms. The molecule has 82 heavy (non-hydrogen) atoms. The Morgan fingerprint density at radius 3 is 1.70 bits per heavy atom. The number of hydrogen-bond donors (Lipinski definition) is 0. The van der Waals surface area contributed by atoms with Gasteiger partial charge in [-0.25, -0.2) is 4.98 Å². The third-order valence-corrected chi connectivity index (χ3v) is 15.5. The summed E-state index contributed by atoms with van der Waals surface area (Å²) in [5, 5.41) is 1.66. The van der Waals surface area contributed by atoms with Crippen LogP contribution in [-0.2, 0) is 21.7 Å². The monoisotopic (exact) mass is 1080 g/mol. The van der Waals surface area contributed by atoms with Gasteiger partial charge in [0.2, 0.25) is 0 Å². The van der Waals surface area contributed by atoms with E-state index in [1.165, 1.54) is 17.8 Å². The van der Waals surface area contributed by atoms with Crippen LogP contribution in [0.15, 0.2) is 212 Å². The Kier molecular flexibility index (Phi) is 10.0. The van der Waals surface area contributed by atoms with Gasteiger partial charge in [0, 0.05) is 32.7 Å². The van der Waals surface area contributed by atoms with E-state index in [0.717, 1.165) is 55.2 Å². The normalized spacial score (nSPS) is 14.9. The molecular formula is C77H74N4O. The molecule has 0 atom stereocenters. The maximum absolute atomic E-state index is 9.62. The van der Waals surface area contributed by atoms with Crippen LogP contribution in [0.5, 0.6) is 11.5 Å². The number of fused-ring (bicyclic) bond motifs is 4. The molecule has 3 heterocycles. The Hall–Kier alpha value is -8.80. The van der Waals surface area contributed by atoms with Gasteiger partial charge in [0.05, 0.1) is 47.1 Å². The number of imidazole rings is 1. The lowest BCUT2D eigenvalue weighted by Crippen LogP contribution is -2.32. The molecule has 9 aromatic carbocycles. The zero-order valence-corrected chi connectivity index (χ0v) is 48.6. The van der Waals surface area contributed by atoms with Crippen molar-refractivity contribution in [2.45, 2.75) is 112 Å². The number of nitrogens with zero attached hydrogens (tertiary/aromatic N) is 4. The summed E-state index contributed by atoms with van der Waals surface area (Å²) in [6.07, 6.45) is 5.07. The van der Waals surface area contributed by atoms with Gasteiger partial charge in [0.15, 0.2) is 0 Å². The van der Waals surface area contributed by atoms with Gasteiger partial charge in [-0.3, -0.25) is 13.7 Å². The Morgan fingerprint density at radius 1 is 0.463 bits per heavy atom. The lowest BCUT2D eigenvalue weighted by molar-refractivity contribution is -0.571. The molecule has 0 aliphatic rings. The summed E-state index contributed by atoms with van der Waals surface area (Å²) in [6.45, 7) is 23.3. The van der Waals surface area contributed by atoms with Gasteiger partial charge in [-0.15, -0.1) is 0 Å². The first-order chi connectivity index (χ1) is 44.4. The highest BCUT2D eigenvalue weighted by atomic mass is 16.5. The van der Waals surface area contributed by atoms with Crippen molar-refractivity contribution in [1.82, 2.24) is 14.1 Å². The summed E-state index contributed by atoms with van der Waals surface area (Å²) in [5.74, 6) is 1.10. The molecule has 0 aliphatic heterocycles. The van der Waals surface area contributed by atoms with Crippen molar-refractivity contribution < 1.29 is 27.1 Å². The Bertz CT molecular complexity index is 5040. The minimum absolute atomic E-state index is 0.0593. The number of aryl methyl sites for hydroxylation is 1. The highest BCUT2D eigenvalue weighted by molar-refractivity contribution is 6.09. The van der Waals surface area contributed by atoms with Crippen molar-refractivity contribution in [3.05, 3.63) is 246 Å². The molecular weight excluding hydrogens is 997 g/mol. The second-order valence-electron chi connectivity index (χ2n) is 25.5. The molecule has 408 valence electrons. The predicted molar refractivity (Wildman–Crippen MR) is 344 cm³/mol. The largest absolute Gasteiger partial charge is 0.458 e. The quantitative estimate of drug-likeness (QED) is 0.107. The number of ether oxygens (including phenoxy) is 1. The fraction of sp³-hybridized carbons (Fsp3) is 0.221. The third-order valence-electron chi connectivity index (χ3n) is 15.5. The van der Waals surface area contributed by atoms with E-state index >= 15 is 0 Å². The van der Waals surface area contributed by atoms with E-state index in [2.05, 4.69) is 156 Å². The van der Waals surface area contributed by atoms with E-state index in [-0.39, 0.29) is 56.4 Å². The first kappa shape index (κ1) is 40.4. The zero-order chi connectivity index (χ0) is 68.7. The first-order valence-electron chi connectivity index (χ1n) is 34.4. The summed E-state index contributed by atoms with van der Waals surface area (Å²) < 4.78 is 127. The molecule has 0 saturated heterocycles. The topological polar surface area (TPSA) is 35.9 Å². The van der Waals surface area contributed by atoms with E-state index in [0.29, 0.717) is 45.0 Å². The molecule has 0 aliphatic carbocycles. The van der Waals surface area contributed by atoms with Gasteiger partial charge in [0.25, 0.3) is 6.33 Å². The molecule has 0 spiro atoms. The van der Waals surface area contributed by atoms with Crippen molar-refractivity contribution in [2.75, 3.05) is 0 Å². The number of rotatable bonds is 9. The average Bonchev–Trinajstić information content (AvgIpc) is 1.71. The SMILES string of the molecule is [2H]c1c([2H])c([2H])c(-c2cnc(-n3c4ccccc4c4ccc(Oc5cccc(-n6[c-][n+](-c7c(-c8cc(C(C)(C)C)cc(C(C)(C)C)c8)cc(C(C)(C)C)cc7-c7c([2H])c([2H])c([2H])c([2H])c7[2H])c7ccc(-c8ccc(C(C)(C)C)cc8)cc76)c5)cc43)cc2C([2H])([2H])[2H])c([2H])c1[2H]. The van der Waals surface area contributed by atoms with Crippen LogP contribution in [0.1, 0.15) is 129 Å². The molecule has 0 fully saturated rings. The second-order valence-corrected chi connectivity index (χ2v) is 25.5. The molecule has 0 radical (unpaired) electrons. The van der Waals surface area contributed by atoms with Crippen molar-refractivity contribution >= 4 is 32.8 Å².